The van der Waals surface area contributed by atoms with Crippen LogP contribution in [0.4, 0.5) is 0 Å². The number of aliphatic carboxylic acids is 1. The van der Waals surface area contributed by atoms with Crippen LogP contribution >= 0.6 is 0 Å². The minimum absolute atomic E-state index is 0.0506. The number of rotatable bonds is 14. The van der Waals surface area contributed by atoms with Crippen LogP contribution in [0.25, 0.3) is 0 Å². The van der Waals surface area contributed by atoms with E-state index in [1.165, 1.54) is 14.1 Å². The largest absolute Gasteiger partial charge is 0.479 e. The average Bonchev–Trinajstić information content (AvgIpc) is 2.61. The number of carboxylic acids is 1. The first kappa shape index (κ1) is 27.3. The van der Waals surface area contributed by atoms with Crippen molar-refractivity contribution in [1.29, 1.82) is 0 Å². The van der Waals surface area contributed by atoms with E-state index in [0.29, 0.717) is 12.8 Å². The number of nitrogens with one attached hydrogen (secondary N) is 2. The fraction of sp³-hybridized carbons (Fsp3) is 0.800. The summed E-state index contributed by atoms with van der Waals surface area (Å²) >= 11 is 0. The molecule has 4 atom stereocenters. The quantitative estimate of drug-likeness (QED) is 0.245. The third kappa shape index (κ3) is 6.95. The Hall–Kier alpha value is -1.68. The summed E-state index contributed by atoms with van der Waals surface area (Å²) in [7, 11) is 2.98. The highest BCUT2D eigenvalue weighted by molar-refractivity contribution is 6.22. The zero-order valence-electron chi connectivity index (χ0n) is 18.4. The number of carbonyl (C=O) groups is 4. The fourth-order valence-electron chi connectivity index (χ4n) is 3.19. The Labute approximate surface area is 172 Å². The van der Waals surface area contributed by atoms with Gasteiger partial charge in [0.25, 0.3) is 0 Å². The summed E-state index contributed by atoms with van der Waals surface area (Å²) in [5, 5.41) is 36.1. The molecule has 29 heavy (non-hydrogen) atoms. The van der Waals surface area contributed by atoms with Crippen molar-refractivity contribution in [2.75, 3.05) is 14.1 Å². The maximum atomic E-state index is 12.8. The summed E-state index contributed by atoms with van der Waals surface area (Å²) in [6, 6.07) is -1.70. The molecule has 9 nitrogen and oxygen atoms in total. The molecule has 168 valence electrons. The summed E-state index contributed by atoms with van der Waals surface area (Å²) < 4.78 is 0. The van der Waals surface area contributed by atoms with Gasteiger partial charge in [0.05, 0.1) is 18.5 Å². The molecule has 0 radical (unpaired) electrons. The number of Topliss-reactive ketones (excluding diaryl/α,β-unsaturated/α-hetero) is 3. The second kappa shape index (κ2) is 10.9. The first-order valence-corrected chi connectivity index (χ1v) is 9.79. The number of likely N-dealkylation sites (N-methyl/N-ethyl adjacent to an activating group) is 2. The number of hydrogen-bond acceptors (Lipinski definition) is 8. The Kier molecular flexibility index (Phi) is 10.3. The zero-order chi connectivity index (χ0) is 23.2. The highest BCUT2D eigenvalue weighted by atomic mass is 16.4. The fourth-order valence-corrected chi connectivity index (χ4v) is 3.19. The lowest BCUT2D eigenvalue weighted by Gasteiger charge is -2.32. The average molecular weight is 417 g/mol. The molecule has 5 N–H and O–H groups in total. The normalized spacial score (nSPS) is 18.0. The van der Waals surface area contributed by atoms with Crippen molar-refractivity contribution in [1.82, 2.24) is 10.6 Å². The molecule has 0 aromatic heterocycles. The molecule has 0 aromatic rings. The molecule has 0 saturated heterocycles. The lowest BCUT2D eigenvalue weighted by atomic mass is 9.77. The summed E-state index contributed by atoms with van der Waals surface area (Å²) in [5.41, 5.74) is -6.01. The van der Waals surface area contributed by atoms with Gasteiger partial charge in [-0.25, -0.2) is 4.79 Å². The van der Waals surface area contributed by atoms with Crippen LogP contribution in [0.15, 0.2) is 0 Å². The molecule has 0 aliphatic heterocycles. The smallest absolute Gasteiger partial charge is 0.344 e. The molecule has 0 fully saturated rings. The maximum Gasteiger partial charge on any atom is 0.344 e. The van der Waals surface area contributed by atoms with Crippen LogP contribution < -0.4 is 10.6 Å². The summed E-state index contributed by atoms with van der Waals surface area (Å²) in [5.74, 6) is -5.13. The Balaban J connectivity index is 5.84. The van der Waals surface area contributed by atoms with Crippen molar-refractivity contribution < 1.29 is 34.5 Å². The van der Waals surface area contributed by atoms with Crippen LogP contribution in [-0.4, -0.2) is 76.0 Å². The Morgan fingerprint density at radius 1 is 0.862 bits per heavy atom. The number of aliphatic hydroxyl groups is 2. The van der Waals surface area contributed by atoms with Crippen LogP contribution in [0.5, 0.6) is 0 Å². The molecule has 0 bridgehead atoms. The predicted octanol–water partition coefficient (Wildman–Crippen LogP) is -0.0813. The van der Waals surface area contributed by atoms with Crippen LogP contribution in [0.2, 0.25) is 0 Å². The molecule has 0 spiro atoms. The van der Waals surface area contributed by atoms with Crippen molar-refractivity contribution in [2.45, 2.75) is 77.2 Å². The highest BCUT2D eigenvalue weighted by Crippen LogP contribution is 2.25. The van der Waals surface area contributed by atoms with Gasteiger partial charge in [-0.3, -0.25) is 14.4 Å². The van der Waals surface area contributed by atoms with E-state index in [1.54, 1.807) is 0 Å². The summed E-state index contributed by atoms with van der Waals surface area (Å²) in [6.07, 6.45) is -0.401. The van der Waals surface area contributed by atoms with E-state index in [4.69, 9.17) is 0 Å². The van der Waals surface area contributed by atoms with Gasteiger partial charge in [0.15, 0.2) is 17.2 Å². The molecule has 0 rings (SSSR count). The second-order valence-electron chi connectivity index (χ2n) is 8.52. The van der Waals surface area contributed by atoms with Gasteiger partial charge in [-0.05, 0) is 45.7 Å². The Morgan fingerprint density at radius 2 is 1.28 bits per heavy atom. The van der Waals surface area contributed by atoms with Gasteiger partial charge in [-0.15, -0.1) is 0 Å². The van der Waals surface area contributed by atoms with Gasteiger partial charge in [0.2, 0.25) is 11.4 Å². The van der Waals surface area contributed by atoms with E-state index in [-0.39, 0.29) is 11.8 Å². The monoisotopic (exact) mass is 416 g/mol. The molecular formula is C20H36N2O7. The van der Waals surface area contributed by atoms with Crippen molar-refractivity contribution >= 4 is 23.3 Å². The molecular weight excluding hydrogens is 380 g/mol. The van der Waals surface area contributed by atoms with Gasteiger partial charge in [-0.1, -0.05) is 27.7 Å². The van der Waals surface area contributed by atoms with E-state index < -0.39 is 53.0 Å². The third-order valence-corrected chi connectivity index (χ3v) is 4.90. The van der Waals surface area contributed by atoms with Crippen LogP contribution in [0, 0.1) is 11.8 Å². The number of hydrogen-bond donors (Lipinski definition) is 5. The Bertz CT molecular complexity index is 616. The lowest BCUT2D eigenvalue weighted by molar-refractivity contribution is -0.178. The van der Waals surface area contributed by atoms with Crippen molar-refractivity contribution in [3.05, 3.63) is 0 Å². The van der Waals surface area contributed by atoms with Gasteiger partial charge in [0.1, 0.15) is 0 Å². The number of carboxylic acid groups (broad SMARTS) is 1. The van der Waals surface area contributed by atoms with E-state index >= 15 is 0 Å². The van der Waals surface area contributed by atoms with Gasteiger partial charge >= 0.3 is 5.97 Å². The second-order valence-corrected chi connectivity index (χ2v) is 8.52. The molecule has 0 aliphatic rings. The maximum absolute atomic E-state index is 12.8. The molecule has 0 amide bonds. The van der Waals surface area contributed by atoms with E-state index in [1.807, 2.05) is 27.7 Å². The standard InChI is InChI=1S/C20H36N2O7/c1-11(2)8-13(21-6)15(23)10-20(29,18(26)27)17(25)19(5,28)16(24)14(22-7)9-12(3)4/h11-14,21-22,28-29H,8-10H2,1-7H3,(H,26,27)/t13-,14-,19?,20?/m0/s1. The zero-order valence-corrected chi connectivity index (χ0v) is 18.4. The van der Waals surface area contributed by atoms with Gasteiger partial charge in [0, 0.05) is 0 Å². The summed E-state index contributed by atoms with van der Waals surface area (Å²) in [6.45, 7) is 8.26. The van der Waals surface area contributed by atoms with E-state index in [2.05, 4.69) is 10.6 Å². The minimum Gasteiger partial charge on any atom is -0.479 e. The van der Waals surface area contributed by atoms with Crippen molar-refractivity contribution in [2.24, 2.45) is 11.8 Å². The Morgan fingerprint density at radius 3 is 1.62 bits per heavy atom. The first-order chi connectivity index (χ1) is 13.1. The van der Waals surface area contributed by atoms with E-state index in [9.17, 15) is 34.5 Å². The number of carbonyl (C=O) groups excluding carboxylic acids is 3. The van der Waals surface area contributed by atoms with Crippen LogP contribution in [0.3, 0.4) is 0 Å². The molecule has 0 aromatic carbocycles. The first-order valence-electron chi connectivity index (χ1n) is 9.79. The minimum atomic E-state index is -3.22. The van der Waals surface area contributed by atoms with Crippen molar-refractivity contribution in [3.8, 4) is 0 Å². The molecule has 2 unspecified atom stereocenters. The van der Waals surface area contributed by atoms with Crippen LogP contribution in [-0.2, 0) is 19.2 Å². The number of ketones is 3. The molecule has 0 saturated carbocycles. The van der Waals surface area contributed by atoms with Crippen LogP contribution in [0.1, 0.15) is 53.9 Å². The molecule has 0 aliphatic carbocycles. The predicted molar refractivity (Wildman–Crippen MR) is 107 cm³/mol. The lowest BCUT2D eigenvalue weighted by Crippen LogP contribution is -2.63. The molecule has 0 heterocycles. The van der Waals surface area contributed by atoms with Gasteiger partial charge in [-0.2, -0.15) is 0 Å². The molecule has 9 heteroatoms. The summed E-state index contributed by atoms with van der Waals surface area (Å²) in [4.78, 5) is 49.9. The van der Waals surface area contributed by atoms with Gasteiger partial charge < -0.3 is 26.0 Å². The SMILES string of the molecule is CN[C@@H](CC(C)C)C(=O)CC(O)(C(=O)O)C(=O)C(C)(O)C(=O)[C@H](CC(C)C)NC. The highest BCUT2D eigenvalue weighted by Gasteiger charge is 2.57. The van der Waals surface area contributed by atoms with E-state index in [0.717, 1.165) is 6.92 Å². The van der Waals surface area contributed by atoms with Crippen molar-refractivity contribution in [3.63, 3.8) is 0 Å². The topological polar surface area (TPSA) is 153 Å². The third-order valence-electron chi connectivity index (χ3n) is 4.90.